The number of esters is 1. The Morgan fingerprint density at radius 2 is 2.00 bits per heavy atom. The first-order valence-corrected chi connectivity index (χ1v) is 10.9. The minimum Gasteiger partial charge on any atom is -0.467 e. The number of sulfonamides is 1. The second kappa shape index (κ2) is 9.14. The quantitative estimate of drug-likeness (QED) is 0.436. The third-order valence-electron chi connectivity index (χ3n) is 4.32. The van der Waals surface area contributed by atoms with Gasteiger partial charge in [0, 0.05) is 12.0 Å². The van der Waals surface area contributed by atoms with Crippen LogP contribution in [-0.2, 0) is 24.3 Å². The molecule has 4 atom stereocenters. The van der Waals surface area contributed by atoms with Crippen molar-refractivity contribution in [1.29, 1.82) is 0 Å². The number of aliphatic hydroxyl groups is 2. The molecule has 1 aliphatic rings. The van der Waals surface area contributed by atoms with Gasteiger partial charge in [0.05, 0.1) is 19.3 Å². The van der Waals surface area contributed by atoms with Crippen LogP contribution in [0.2, 0.25) is 0 Å². The van der Waals surface area contributed by atoms with E-state index in [-0.39, 0.29) is 22.1 Å². The summed E-state index contributed by atoms with van der Waals surface area (Å²) < 4.78 is 31.8. The predicted octanol–water partition coefficient (Wildman–Crippen LogP) is -0.239. The number of hydrogen-bond donors (Lipinski definition) is 4. The highest BCUT2D eigenvalue weighted by atomic mass is 32.2. The van der Waals surface area contributed by atoms with Gasteiger partial charge >= 0.3 is 5.97 Å². The van der Waals surface area contributed by atoms with E-state index in [0.29, 0.717) is 0 Å². The van der Waals surface area contributed by atoms with E-state index in [9.17, 15) is 28.2 Å². The average molecular weight is 433 g/mol. The van der Waals surface area contributed by atoms with Crippen molar-refractivity contribution in [3.8, 4) is 0 Å². The van der Waals surface area contributed by atoms with Crippen molar-refractivity contribution < 1.29 is 33.0 Å². The van der Waals surface area contributed by atoms with Gasteiger partial charge in [-0.05, 0) is 17.4 Å². The summed E-state index contributed by atoms with van der Waals surface area (Å²) >= 11 is 0.999. The van der Waals surface area contributed by atoms with E-state index >= 15 is 0 Å². The van der Waals surface area contributed by atoms with Crippen molar-refractivity contribution in [3.63, 3.8) is 0 Å². The molecular weight excluding hydrogens is 408 g/mol. The Labute approximate surface area is 167 Å². The molecule has 0 bridgehead atoms. The van der Waals surface area contributed by atoms with E-state index in [4.69, 9.17) is 0 Å². The number of amides is 1. The van der Waals surface area contributed by atoms with Crippen LogP contribution in [0.1, 0.15) is 20.3 Å². The topological polar surface area (TPSA) is 142 Å². The van der Waals surface area contributed by atoms with Crippen LogP contribution in [0, 0.1) is 5.92 Å². The Balaban J connectivity index is 2.23. The summed E-state index contributed by atoms with van der Waals surface area (Å²) in [7, 11) is -2.72. The van der Waals surface area contributed by atoms with Crippen molar-refractivity contribution >= 4 is 33.2 Å². The summed E-state index contributed by atoms with van der Waals surface area (Å²) in [5.74, 6) is -1.50. The minimum absolute atomic E-state index is 0.0460. The highest BCUT2D eigenvalue weighted by Crippen LogP contribution is 2.23. The molecule has 28 heavy (non-hydrogen) atoms. The number of aliphatic hydroxyl groups excluding tert-OH is 2. The first-order chi connectivity index (χ1) is 13.1. The molecule has 0 aromatic carbocycles. The summed E-state index contributed by atoms with van der Waals surface area (Å²) in [5.41, 5.74) is 0.0613. The molecule has 2 rings (SSSR count). The molecule has 0 aliphatic heterocycles. The lowest BCUT2D eigenvalue weighted by Crippen LogP contribution is -2.52. The van der Waals surface area contributed by atoms with Crippen molar-refractivity contribution in [1.82, 2.24) is 10.0 Å². The zero-order valence-electron chi connectivity index (χ0n) is 15.7. The molecule has 11 heteroatoms. The summed E-state index contributed by atoms with van der Waals surface area (Å²) in [6.45, 7) is 3.46. The van der Waals surface area contributed by atoms with Crippen LogP contribution in [0.5, 0.6) is 0 Å². The molecule has 1 aromatic heterocycles. The molecule has 0 saturated carbocycles. The van der Waals surface area contributed by atoms with E-state index in [1.165, 1.54) is 19.3 Å². The van der Waals surface area contributed by atoms with Crippen LogP contribution in [0.25, 0.3) is 0 Å². The van der Waals surface area contributed by atoms with E-state index in [1.54, 1.807) is 25.3 Å². The van der Waals surface area contributed by atoms with Gasteiger partial charge in [-0.3, -0.25) is 4.79 Å². The SMILES string of the molecule is COC(=O)[C@H](NC(=O)C1=C[C@@H](NS(=O)(=O)c2cccs2)[C@@H](O)[C@H](O)C1)C(C)C. The van der Waals surface area contributed by atoms with Gasteiger partial charge in [0.15, 0.2) is 0 Å². The van der Waals surface area contributed by atoms with E-state index in [1.807, 2.05) is 0 Å². The number of hydrogen-bond acceptors (Lipinski definition) is 8. The minimum atomic E-state index is -3.93. The van der Waals surface area contributed by atoms with Crippen molar-refractivity contribution in [2.75, 3.05) is 7.11 Å². The normalized spacial score (nSPS) is 23.8. The zero-order chi connectivity index (χ0) is 21.1. The van der Waals surface area contributed by atoms with Gasteiger partial charge < -0.3 is 20.3 Å². The lowest BCUT2D eigenvalue weighted by atomic mass is 9.90. The highest BCUT2D eigenvalue weighted by molar-refractivity contribution is 7.91. The Kier molecular flexibility index (Phi) is 7.34. The van der Waals surface area contributed by atoms with E-state index in [2.05, 4.69) is 14.8 Å². The largest absolute Gasteiger partial charge is 0.467 e. The summed E-state index contributed by atoms with van der Waals surface area (Å²) in [6.07, 6.45) is -1.70. The van der Waals surface area contributed by atoms with Gasteiger partial charge in [0.2, 0.25) is 5.91 Å². The molecule has 9 nitrogen and oxygen atoms in total. The number of carbonyl (C=O) groups excluding carboxylic acids is 2. The lowest BCUT2D eigenvalue weighted by molar-refractivity contribution is -0.146. The Morgan fingerprint density at radius 1 is 1.32 bits per heavy atom. The monoisotopic (exact) mass is 432 g/mol. The Bertz CT molecular complexity index is 834. The summed E-state index contributed by atoms with van der Waals surface area (Å²) in [4.78, 5) is 24.4. The lowest BCUT2D eigenvalue weighted by Gasteiger charge is -2.31. The van der Waals surface area contributed by atoms with Gasteiger partial charge in [-0.2, -0.15) is 0 Å². The molecule has 0 unspecified atom stereocenters. The number of thiophene rings is 1. The molecule has 1 amide bonds. The molecular formula is C17H24N2O7S2. The summed E-state index contributed by atoms with van der Waals surface area (Å²) in [6, 6.07) is 0.870. The standard InChI is InChI=1S/C17H24N2O7S2/c1-9(2)14(17(23)26-3)18-16(22)10-7-11(15(21)12(20)8-10)19-28(24,25)13-5-4-6-27-13/h4-7,9,11-12,14-15,19-21H,8H2,1-3H3,(H,18,22)/t11-,12-,14-,15-/m1/s1. The third-order valence-corrected chi connectivity index (χ3v) is 7.18. The van der Waals surface area contributed by atoms with E-state index < -0.39 is 46.2 Å². The van der Waals surface area contributed by atoms with Crippen LogP contribution in [0.15, 0.2) is 33.4 Å². The third kappa shape index (κ3) is 5.17. The first kappa shape index (κ1) is 22.5. The van der Waals surface area contributed by atoms with Crippen LogP contribution < -0.4 is 10.0 Å². The first-order valence-electron chi connectivity index (χ1n) is 8.58. The number of rotatable bonds is 7. The van der Waals surface area contributed by atoms with Crippen molar-refractivity contribution in [2.24, 2.45) is 5.92 Å². The Morgan fingerprint density at radius 3 is 2.54 bits per heavy atom. The maximum atomic E-state index is 12.6. The smallest absolute Gasteiger partial charge is 0.328 e. The van der Waals surface area contributed by atoms with Gasteiger partial charge in [-0.1, -0.05) is 26.0 Å². The van der Waals surface area contributed by atoms with Crippen molar-refractivity contribution in [2.45, 2.75) is 48.8 Å². The number of nitrogens with one attached hydrogen (secondary N) is 2. The van der Waals surface area contributed by atoms with E-state index in [0.717, 1.165) is 11.3 Å². The Hall–Kier alpha value is -1.79. The molecule has 0 spiro atoms. The van der Waals surface area contributed by atoms with Gasteiger partial charge in [-0.25, -0.2) is 17.9 Å². The number of ether oxygens (including phenoxy) is 1. The van der Waals surface area contributed by atoms with Gasteiger partial charge in [0.1, 0.15) is 16.4 Å². The van der Waals surface area contributed by atoms with Crippen LogP contribution in [0.3, 0.4) is 0 Å². The summed E-state index contributed by atoms with van der Waals surface area (Å²) in [5, 5.41) is 24.4. The van der Waals surface area contributed by atoms with Crippen LogP contribution >= 0.6 is 11.3 Å². The fraction of sp³-hybridized carbons (Fsp3) is 0.529. The maximum absolute atomic E-state index is 12.6. The molecule has 4 N–H and O–H groups in total. The zero-order valence-corrected chi connectivity index (χ0v) is 17.3. The van der Waals surface area contributed by atoms with Crippen LogP contribution in [-0.4, -0.2) is 61.9 Å². The second-order valence-electron chi connectivity index (χ2n) is 6.75. The molecule has 0 fully saturated rings. The molecule has 156 valence electrons. The molecule has 0 radical (unpaired) electrons. The van der Waals surface area contributed by atoms with Gasteiger partial charge in [0.25, 0.3) is 10.0 Å². The number of carbonyl (C=O) groups is 2. The molecule has 1 aromatic rings. The number of methoxy groups -OCH3 is 1. The molecule has 0 saturated heterocycles. The fourth-order valence-electron chi connectivity index (χ4n) is 2.75. The fourth-order valence-corrected chi connectivity index (χ4v) is 4.96. The predicted molar refractivity (Wildman–Crippen MR) is 102 cm³/mol. The second-order valence-corrected chi connectivity index (χ2v) is 9.64. The molecule has 1 heterocycles. The maximum Gasteiger partial charge on any atom is 0.328 e. The van der Waals surface area contributed by atoms with Crippen molar-refractivity contribution in [3.05, 3.63) is 29.2 Å². The van der Waals surface area contributed by atoms with Crippen LogP contribution in [0.4, 0.5) is 0 Å². The average Bonchev–Trinajstić information content (AvgIpc) is 3.17. The van der Waals surface area contributed by atoms with Gasteiger partial charge in [-0.15, -0.1) is 11.3 Å². The molecule has 1 aliphatic carbocycles. The highest BCUT2D eigenvalue weighted by Gasteiger charge is 2.36.